The maximum atomic E-state index is 12.4. The van der Waals surface area contributed by atoms with E-state index in [9.17, 15) is 3.89 Å². The van der Waals surface area contributed by atoms with Gasteiger partial charge >= 0.3 is 0 Å². The molecule has 0 aromatic heterocycles. The highest BCUT2D eigenvalue weighted by Crippen LogP contribution is 2.28. The number of halogens is 1. The quantitative estimate of drug-likeness (QED) is 0.797. The van der Waals surface area contributed by atoms with Crippen molar-refractivity contribution in [2.75, 3.05) is 14.1 Å². The standard InChI is InChI=1S/C15H16FNOS/c1-17(2)11-12-5-3-4-6-15(12)18-13-7-9-14(19-16)10-8-13/h3-10H,11H2,1-2H3. The molecule has 2 rings (SSSR count). The van der Waals surface area contributed by atoms with Crippen molar-refractivity contribution in [1.29, 1.82) is 0 Å². The summed E-state index contributed by atoms with van der Waals surface area (Å²) in [6.07, 6.45) is 0. The lowest BCUT2D eigenvalue weighted by atomic mass is 10.2. The molecule has 0 aliphatic heterocycles. The van der Waals surface area contributed by atoms with Crippen molar-refractivity contribution in [2.45, 2.75) is 11.4 Å². The van der Waals surface area contributed by atoms with Crippen molar-refractivity contribution in [3.8, 4) is 11.5 Å². The van der Waals surface area contributed by atoms with E-state index in [1.54, 1.807) is 24.3 Å². The Hall–Kier alpha value is -1.52. The molecular formula is C15H16FNOS. The fraction of sp³-hybridized carbons (Fsp3) is 0.200. The minimum absolute atomic E-state index is 0.233. The summed E-state index contributed by atoms with van der Waals surface area (Å²) in [6, 6.07) is 14.9. The minimum Gasteiger partial charge on any atom is -0.457 e. The van der Waals surface area contributed by atoms with Crippen molar-refractivity contribution in [3.63, 3.8) is 0 Å². The number of para-hydroxylation sites is 1. The third-order valence-corrected chi connectivity index (χ3v) is 3.05. The Balaban J connectivity index is 2.17. The summed E-state index contributed by atoms with van der Waals surface area (Å²) >= 11 is 0.233. The molecule has 0 radical (unpaired) electrons. The summed E-state index contributed by atoms with van der Waals surface area (Å²) in [5.74, 6) is 1.54. The molecule has 0 bridgehead atoms. The Kier molecular flexibility index (Phi) is 4.82. The highest BCUT2D eigenvalue weighted by atomic mass is 32.2. The van der Waals surface area contributed by atoms with Gasteiger partial charge in [-0.2, -0.15) is 3.89 Å². The lowest BCUT2D eigenvalue weighted by molar-refractivity contribution is 0.388. The first-order valence-corrected chi connectivity index (χ1v) is 6.70. The van der Waals surface area contributed by atoms with Gasteiger partial charge in [-0.1, -0.05) is 18.2 Å². The maximum Gasteiger partial charge on any atom is 0.131 e. The fourth-order valence-corrected chi connectivity index (χ4v) is 2.00. The Morgan fingerprint density at radius 1 is 1.05 bits per heavy atom. The largest absolute Gasteiger partial charge is 0.457 e. The van der Waals surface area contributed by atoms with Crippen molar-refractivity contribution >= 4 is 12.1 Å². The summed E-state index contributed by atoms with van der Waals surface area (Å²) < 4.78 is 18.2. The van der Waals surface area contributed by atoms with E-state index >= 15 is 0 Å². The average Bonchev–Trinajstić information content (AvgIpc) is 2.41. The fourth-order valence-electron chi connectivity index (χ4n) is 1.76. The van der Waals surface area contributed by atoms with Crippen molar-refractivity contribution in [3.05, 3.63) is 54.1 Å². The molecule has 0 N–H and O–H groups in total. The molecule has 0 amide bonds. The van der Waals surface area contributed by atoms with Crippen LogP contribution in [0, 0.1) is 0 Å². The first-order valence-electron chi connectivity index (χ1n) is 5.98. The first-order chi connectivity index (χ1) is 9.19. The van der Waals surface area contributed by atoms with E-state index < -0.39 is 0 Å². The normalized spacial score (nSPS) is 10.7. The molecule has 4 heteroatoms. The van der Waals surface area contributed by atoms with Gasteiger partial charge in [0.2, 0.25) is 0 Å². The third kappa shape index (κ3) is 3.98. The second-order valence-electron chi connectivity index (χ2n) is 4.50. The zero-order valence-electron chi connectivity index (χ0n) is 11.0. The van der Waals surface area contributed by atoms with Crippen LogP contribution < -0.4 is 4.74 Å². The highest BCUT2D eigenvalue weighted by molar-refractivity contribution is 7.94. The highest BCUT2D eigenvalue weighted by Gasteiger charge is 2.05. The smallest absolute Gasteiger partial charge is 0.131 e. The summed E-state index contributed by atoms with van der Waals surface area (Å²) in [4.78, 5) is 2.67. The minimum atomic E-state index is 0.233. The van der Waals surface area contributed by atoms with E-state index in [-0.39, 0.29) is 12.1 Å². The van der Waals surface area contributed by atoms with Gasteiger partial charge in [0.05, 0.1) is 12.1 Å². The molecule has 2 aromatic carbocycles. The van der Waals surface area contributed by atoms with Gasteiger partial charge < -0.3 is 9.64 Å². The second kappa shape index (κ2) is 6.59. The number of ether oxygens (including phenoxy) is 1. The van der Waals surface area contributed by atoms with Gasteiger partial charge in [0.15, 0.2) is 0 Å². The number of rotatable bonds is 5. The Bertz CT molecular complexity index is 528. The van der Waals surface area contributed by atoms with Gasteiger partial charge in [-0.15, -0.1) is 0 Å². The van der Waals surface area contributed by atoms with E-state index in [0.717, 1.165) is 17.9 Å². The zero-order chi connectivity index (χ0) is 13.7. The van der Waals surface area contributed by atoms with Crippen molar-refractivity contribution < 1.29 is 8.62 Å². The lowest BCUT2D eigenvalue weighted by Gasteiger charge is -2.14. The number of nitrogens with zero attached hydrogens (tertiary/aromatic N) is 1. The molecule has 0 saturated heterocycles. The van der Waals surface area contributed by atoms with Crippen LogP contribution in [-0.4, -0.2) is 19.0 Å². The third-order valence-electron chi connectivity index (χ3n) is 2.60. The molecule has 0 spiro atoms. The Morgan fingerprint density at radius 3 is 2.37 bits per heavy atom. The van der Waals surface area contributed by atoms with Crippen LogP contribution in [0.15, 0.2) is 53.4 Å². The van der Waals surface area contributed by atoms with Gasteiger partial charge in [-0.05, 0) is 44.4 Å². The predicted molar refractivity (Wildman–Crippen MR) is 77.3 cm³/mol. The molecular weight excluding hydrogens is 261 g/mol. The van der Waals surface area contributed by atoms with Crippen LogP contribution in [0.1, 0.15) is 5.56 Å². The molecule has 2 aromatic rings. The van der Waals surface area contributed by atoms with Crippen LogP contribution in [0.2, 0.25) is 0 Å². The van der Waals surface area contributed by atoms with Gasteiger partial charge in [0.1, 0.15) is 11.5 Å². The number of hydrogen-bond acceptors (Lipinski definition) is 3. The second-order valence-corrected chi connectivity index (χ2v) is 5.12. The van der Waals surface area contributed by atoms with E-state index in [4.69, 9.17) is 4.74 Å². The summed E-state index contributed by atoms with van der Waals surface area (Å²) in [7, 11) is 4.04. The number of hydrogen-bond donors (Lipinski definition) is 0. The maximum absolute atomic E-state index is 12.4. The van der Waals surface area contributed by atoms with Crippen molar-refractivity contribution in [2.24, 2.45) is 0 Å². The van der Waals surface area contributed by atoms with Gasteiger partial charge in [0.25, 0.3) is 0 Å². The first kappa shape index (κ1) is 13.9. The Labute approximate surface area is 117 Å². The van der Waals surface area contributed by atoms with Crippen LogP contribution in [0.5, 0.6) is 11.5 Å². The topological polar surface area (TPSA) is 12.5 Å². The van der Waals surface area contributed by atoms with E-state index in [2.05, 4.69) is 4.90 Å². The molecule has 0 atom stereocenters. The summed E-state index contributed by atoms with van der Waals surface area (Å²) in [6.45, 7) is 0.814. The van der Waals surface area contributed by atoms with Crippen LogP contribution >= 0.6 is 12.1 Å². The summed E-state index contributed by atoms with van der Waals surface area (Å²) in [5, 5.41) is 0. The van der Waals surface area contributed by atoms with Crippen LogP contribution in [0.4, 0.5) is 3.89 Å². The van der Waals surface area contributed by atoms with Crippen LogP contribution in [0.25, 0.3) is 0 Å². The van der Waals surface area contributed by atoms with Crippen LogP contribution in [-0.2, 0) is 6.54 Å². The van der Waals surface area contributed by atoms with E-state index in [1.165, 1.54) is 0 Å². The van der Waals surface area contributed by atoms with Gasteiger partial charge in [-0.25, -0.2) is 0 Å². The van der Waals surface area contributed by atoms with Crippen molar-refractivity contribution in [1.82, 2.24) is 4.90 Å². The Morgan fingerprint density at radius 2 is 1.74 bits per heavy atom. The van der Waals surface area contributed by atoms with Gasteiger partial charge in [-0.3, -0.25) is 0 Å². The number of benzene rings is 2. The monoisotopic (exact) mass is 277 g/mol. The predicted octanol–water partition coefficient (Wildman–Crippen LogP) is 4.52. The van der Waals surface area contributed by atoms with E-state index in [1.807, 2.05) is 38.4 Å². The van der Waals surface area contributed by atoms with Crippen LogP contribution in [0.3, 0.4) is 0 Å². The molecule has 0 unspecified atom stereocenters. The SMILES string of the molecule is CN(C)Cc1ccccc1Oc1ccc(SF)cc1. The van der Waals surface area contributed by atoms with Gasteiger partial charge in [0, 0.05) is 17.0 Å². The molecule has 0 fully saturated rings. The lowest BCUT2D eigenvalue weighted by Crippen LogP contribution is -2.11. The molecule has 0 aliphatic rings. The molecule has 0 saturated carbocycles. The molecule has 100 valence electrons. The average molecular weight is 277 g/mol. The molecule has 0 heterocycles. The molecule has 2 nitrogen and oxygen atoms in total. The molecule has 19 heavy (non-hydrogen) atoms. The zero-order valence-corrected chi connectivity index (χ0v) is 11.8. The van der Waals surface area contributed by atoms with E-state index in [0.29, 0.717) is 10.6 Å². The summed E-state index contributed by atoms with van der Waals surface area (Å²) in [5.41, 5.74) is 1.12. The molecule has 0 aliphatic carbocycles.